The van der Waals surface area contributed by atoms with Gasteiger partial charge in [0.1, 0.15) is 0 Å². The van der Waals surface area contributed by atoms with Crippen LogP contribution in [0.15, 0.2) is 24.5 Å². The van der Waals surface area contributed by atoms with E-state index in [1.54, 1.807) is 0 Å². The Kier molecular flexibility index (Phi) is 2.43. The number of hydrogen-bond acceptors (Lipinski definition) is 1. The van der Waals surface area contributed by atoms with Gasteiger partial charge in [-0.1, -0.05) is 19.9 Å². The lowest BCUT2D eigenvalue weighted by Gasteiger charge is -2.05. The van der Waals surface area contributed by atoms with Crippen LogP contribution in [-0.4, -0.2) is 4.98 Å². The summed E-state index contributed by atoms with van der Waals surface area (Å²) < 4.78 is 0. The van der Waals surface area contributed by atoms with Gasteiger partial charge >= 0.3 is 0 Å². The van der Waals surface area contributed by atoms with Crippen molar-refractivity contribution in [2.75, 3.05) is 0 Å². The van der Waals surface area contributed by atoms with Gasteiger partial charge in [-0.3, -0.25) is 4.98 Å². The van der Waals surface area contributed by atoms with Crippen molar-refractivity contribution in [2.24, 2.45) is 0 Å². The lowest BCUT2D eigenvalue weighted by atomic mass is 10.0. The van der Waals surface area contributed by atoms with Crippen LogP contribution in [0.5, 0.6) is 0 Å². The van der Waals surface area contributed by atoms with Gasteiger partial charge in [0.2, 0.25) is 0 Å². The first-order valence-electron chi connectivity index (χ1n) is 3.74. The van der Waals surface area contributed by atoms with Crippen LogP contribution in [0.4, 0.5) is 0 Å². The molecule has 0 N–H and O–H groups in total. The highest BCUT2D eigenvalue weighted by Crippen LogP contribution is 2.15. The van der Waals surface area contributed by atoms with Crippen molar-refractivity contribution < 1.29 is 0 Å². The zero-order chi connectivity index (χ0) is 7.40. The first kappa shape index (κ1) is 7.26. The number of pyridine rings is 1. The molecule has 0 aromatic carbocycles. The lowest BCUT2D eigenvalue weighted by Crippen LogP contribution is -1.90. The van der Waals surface area contributed by atoms with E-state index >= 15 is 0 Å². The minimum absolute atomic E-state index is 0.647. The van der Waals surface area contributed by atoms with E-state index in [1.807, 2.05) is 18.5 Å². The van der Waals surface area contributed by atoms with Gasteiger partial charge in [-0.15, -0.1) is 0 Å². The molecule has 10 heavy (non-hydrogen) atoms. The predicted octanol–water partition coefficient (Wildman–Crippen LogP) is 2.60. The molecular weight excluding hydrogens is 122 g/mol. The topological polar surface area (TPSA) is 12.9 Å². The van der Waals surface area contributed by atoms with E-state index in [0.717, 1.165) is 0 Å². The SMILES string of the molecule is CC[C@@H](C)c1cccnc1. The van der Waals surface area contributed by atoms with Crippen molar-refractivity contribution in [1.29, 1.82) is 0 Å². The van der Waals surface area contributed by atoms with Crippen molar-refractivity contribution in [3.8, 4) is 0 Å². The molecule has 1 aromatic rings. The lowest BCUT2D eigenvalue weighted by molar-refractivity contribution is 0.729. The van der Waals surface area contributed by atoms with Crippen LogP contribution in [-0.2, 0) is 0 Å². The van der Waals surface area contributed by atoms with Crippen molar-refractivity contribution in [1.82, 2.24) is 4.98 Å². The van der Waals surface area contributed by atoms with Gasteiger partial charge in [0.25, 0.3) is 0 Å². The highest BCUT2D eigenvalue weighted by Gasteiger charge is 1.99. The Morgan fingerprint density at radius 3 is 2.90 bits per heavy atom. The molecule has 1 aromatic heterocycles. The maximum atomic E-state index is 4.05. The summed E-state index contributed by atoms with van der Waals surface area (Å²) in [7, 11) is 0. The summed E-state index contributed by atoms with van der Waals surface area (Å²) in [6.45, 7) is 4.41. The van der Waals surface area contributed by atoms with Gasteiger partial charge in [0, 0.05) is 12.4 Å². The monoisotopic (exact) mass is 135 g/mol. The summed E-state index contributed by atoms with van der Waals surface area (Å²) in [5.74, 6) is 0.647. The first-order valence-corrected chi connectivity index (χ1v) is 3.74. The molecule has 0 bridgehead atoms. The fourth-order valence-electron chi connectivity index (χ4n) is 0.903. The second-order valence-electron chi connectivity index (χ2n) is 2.60. The number of aromatic nitrogens is 1. The Bertz CT molecular complexity index is 181. The average molecular weight is 135 g/mol. The normalized spacial score (nSPS) is 13.0. The largest absolute Gasteiger partial charge is 0.264 e. The van der Waals surface area contributed by atoms with Crippen LogP contribution >= 0.6 is 0 Å². The molecule has 0 aliphatic rings. The zero-order valence-electron chi connectivity index (χ0n) is 6.54. The molecule has 1 heteroatoms. The molecule has 1 nitrogen and oxygen atoms in total. The molecule has 54 valence electrons. The van der Waals surface area contributed by atoms with E-state index in [1.165, 1.54) is 12.0 Å². The fourth-order valence-corrected chi connectivity index (χ4v) is 0.903. The van der Waals surface area contributed by atoms with Crippen LogP contribution in [0.3, 0.4) is 0 Å². The van der Waals surface area contributed by atoms with Gasteiger partial charge in [-0.05, 0) is 24.0 Å². The van der Waals surface area contributed by atoms with Gasteiger partial charge < -0.3 is 0 Å². The molecule has 1 atom stereocenters. The Morgan fingerprint density at radius 2 is 2.40 bits per heavy atom. The maximum Gasteiger partial charge on any atom is 0.0302 e. The number of hydrogen-bond donors (Lipinski definition) is 0. The molecule has 0 spiro atoms. The van der Waals surface area contributed by atoms with E-state index in [0.29, 0.717) is 5.92 Å². The molecular formula is C9H13N. The van der Waals surface area contributed by atoms with Gasteiger partial charge in [0.05, 0.1) is 0 Å². The molecule has 0 saturated heterocycles. The highest BCUT2D eigenvalue weighted by atomic mass is 14.6. The van der Waals surface area contributed by atoms with E-state index in [9.17, 15) is 0 Å². The third-order valence-corrected chi connectivity index (χ3v) is 1.87. The number of rotatable bonds is 2. The van der Waals surface area contributed by atoms with Crippen molar-refractivity contribution in [3.63, 3.8) is 0 Å². The average Bonchev–Trinajstić information content (AvgIpc) is 2.05. The molecule has 0 aliphatic carbocycles. The Labute approximate surface area is 62.1 Å². The molecule has 0 saturated carbocycles. The second-order valence-corrected chi connectivity index (χ2v) is 2.60. The Balaban J connectivity index is 2.75. The molecule has 0 radical (unpaired) electrons. The fraction of sp³-hybridized carbons (Fsp3) is 0.444. The summed E-state index contributed by atoms with van der Waals surface area (Å²) >= 11 is 0. The molecule has 0 amide bonds. The van der Waals surface area contributed by atoms with E-state index in [-0.39, 0.29) is 0 Å². The third kappa shape index (κ3) is 1.56. The van der Waals surface area contributed by atoms with E-state index in [2.05, 4.69) is 24.9 Å². The van der Waals surface area contributed by atoms with Crippen molar-refractivity contribution in [3.05, 3.63) is 30.1 Å². The summed E-state index contributed by atoms with van der Waals surface area (Å²) in [6.07, 6.45) is 4.94. The molecule has 0 aliphatic heterocycles. The summed E-state index contributed by atoms with van der Waals surface area (Å²) in [5.41, 5.74) is 1.34. The first-order chi connectivity index (χ1) is 4.84. The summed E-state index contributed by atoms with van der Waals surface area (Å²) in [6, 6.07) is 4.11. The third-order valence-electron chi connectivity index (χ3n) is 1.87. The van der Waals surface area contributed by atoms with E-state index in [4.69, 9.17) is 0 Å². The molecule has 0 unspecified atom stereocenters. The minimum Gasteiger partial charge on any atom is -0.264 e. The summed E-state index contributed by atoms with van der Waals surface area (Å²) in [4.78, 5) is 4.05. The smallest absolute Gasteiger partial charge is 0.0302 e. The highest BCUT2D eigenvalue weighted by molar-refractivity contribution is 5.12. The Morgan fingerprint density at radius 1 is 1.60 bits per heavy atom. The van der Waals surface area contributed by atoms with Crippen LogP contribution in [0.1, 0.15) is 31.7 Å². The molecule has 1 rings (SSSR count). The molecule has 1 heterocycles. The Hall–Kier alpha value is -0.850. The van der Waals surface area contributed by atoms with Gasteiger partial charge in [-0.2, -0.15) is 0 Å². The minimum atomic E-state index is 0.647. The van der Waals surface area contributed by atoms with Crippen LogP contribution in [0.2, 0.25) is 0 Å². The predicted molar refractivity (Wildman–Crippen MR) is 42.9 cm³/mol. The van der Waals surface area contributed by atoms with Crippen LogP contribution in [0.25, 0.3) is 0 Å². The standard InChI is InChI=1S/C9H13N/c1-3-8(2)9-5-4-6-10-7-9/h4-8H,3H2,1-2H3/t8-/m1/s1. The summed E-state index contributed by atoms with van der Waals surface area (Å²) in [5, 5.41) is 0. The van der Waals surface area contributed by atoms with Gasteiger partial charge in [0.15, 0.2) is 0 Å². The van der Waals surface area contributed by atoms with Crippen molar-refractivity contribution >= 4 is 0 Å². The van der Waals surface area contributed by atoms with E-state index < -0.39 is 0 Å². The zero-order valence-corrected chi connectivity index (χ0v) is 6.54. The maximum absolute atomic E-state index is 4.05. The van der Waals surface area contributed by atoms with Gasteiger partial charge in [-0.25, -0.2) is 0 Å². The van der Waals surface area contributed by atoms with Crippen LogP contribution in [0, 0.1) is 0 Å². The second kappa shape index (κ2) is 3.35. The quantitative estimate of drug-likeness (QED) is 0.607. The number of nitrogens with zero attached hydrogens (tertiary/aromatic N) is 1. The molecule has 0 fully saturated rings. The van der Waals surface area contributed by atoms with Crippen molar-refractivity contribution in [2.45, 2.75) is 26.2 Å². The van der Waals surface area contributed by atoms with Crippen LogP contribution < -0.4 is 0 Å².